The van der Waals surface area contributed by atoms with Crippen molar-refractivity contribution in [2.45, 2.75) is 6.42 Å². The number of primary amides is 1. The van der Waals surface area contributed by atoms with Crippen LogP contribution in [0.5, 0.6) is 0 Å². The summed E-state index contributed by atoms with van der Waals surface area (Å²) in [5.41, 5.74) is 11.7. The molecule has 0 spiro atoms. The van der Waals surface area contributed by atoms with Gasteiger partial charge in [0.05, 0.1) is 23.0 Å². The standard InChI is InChI=1S/C16H15N5O2/c17-16(23)21-12-3-1-2-10-13(12)11(8-19-20-15(10)22)14(21)9-4-6-18-7-5-9/h1-4,8,18H,5-7H2,(H2,17,23)(H,20,22). The van der Waals surface area contributed by atoms with Gasteiger partial charge in [0, 0.05) is 17.5 Å². The first-order chi connectivity index (χ1) is 11.2. The molecule has 1 aromatic heterocycles. The second-order valence-corrected chi connectivity index (χ2v) is 5.52. The van der Waals surface area contributed by atoms with Gasteiger partial charge in [0.15, 0.2) is 0 Å². The summed E-state index contributed by atoms with van der Waals surface area (Å²) in [5.74, 6) is -0.293. The van der Waals surface area contributed by atoms with Crippen LogP contribution in [0.3, 0.4) is 0 Å². The minimum absolute atomic E-state index is 0.293. The SMILES string of the molecule is NC(=O)n1c(C2=CCNCC2)c2c3c(cccc31)C(=O)NN=C2. The normalized spacial score (nSPS) is 16.9. The first kappa shape index (κ1) is 13.7. The molecule has 2 amide bonds. The van der Waals surface area contributed by atoms with Gasteiger partial charge in [-0.3, -0.25) is 9.36 Å². The van der Waals surface area contributed by atoms with Crippen molar-refractivity contribution >= 4 is 34.6 Å². The Balaban J connectivity index is 2.15. The topological polar surface area (TPSA) is 102 Å². The van der Waals surface area contributed by atoms with E-state index in [1.807, 2.05) is 6.08 Å². The molecule has 2 aromatic rings. The summed E-state index contributed by atoms with van der Waals surface area (Å²) in [4.78, 5) is 24.3. The summed E-state index contributed by atoms with van der Waals surface area (Å²) < 4.78 is 1.48. The summed E-state index contributed by atoms with van der Waals surface area (Å²) in [5, 5.41) is 7.94. The van der Waals surface area contributed by atoms with Crippen molar-refractivity contribution in [1.29, 1.82) is 0 Å². The zero-order valence-electron chi connectivity index (χ0n) is 12.3. The maximum absolute atomic E-state index is 12.2. The van der Waals surface area contributed by atoms with E-state index < -0.39 is 6.03 Å². The molecule has 0 saturated heterocycles. The number of hydrogen-bond donors (Lipinski definition) is 3. The number of hydrazone groups is 1. The number of amides is 2. The van der Waals surface area contributed by atoms with Gasteiger partial charge in [-0.05, 0) is 30.7 Å². The Hall–Kier alpha value is -2.93. The Kier molecular flexibility index (Phi) is 3.02. The number of nitrogens with two attached hydrogens (primary N) is 1. The van der Waals surface area contributed by atoms with Crippen LogP contribution in [0.2, 0.25) is 0 Å². The molecule has 0 bridgehead atoms. The van der Waals surface area contributed by atoms with E-state index in [0.29, 0.717) is 16.5 Å². The van der Waals surface area contributed by atoms with Crippen LogP contribution in [0, 0.1) is 0 Å². The Labute approximate surface area is 131 Å². The van der Waals surface area contributed by atoms with E-state index in [9.17, 15) is 9.59 Å². The Morgan fingerprint density at radius 3 is 2.96 bits per heavy atom. The molecule has 2 aliphatic heterocycles. The largest absolute Gasteiger partial charge is 0.351 e. The fourth-order valence-corrected chi connectivity index (χ4v) is 3.28. The Morgan fingerprint density at radius 2 is 2.22 bits per heavy atom. The predicted octanol–water partition coefficient (Wildman–Crippen LogP) is 1.02. The lowest BCUT2D eigenvalue weighted by Gasteiger charge is -2.16. The fourth-order valence-electron chi connectivity index (χ4n) is 3.28. The van der Waals surface area contributed by atoms with Crippen LogP contribution < -0.4 is 16.5 Å². The van der Waals surface area contributed by atoms with Crippen molar-refractivity contribution in [2.75, 3.05) is 13.1 Å². The van der Waals surface area contributed by atoms with Crippen LogP contribution in [0.1, 0.15) is 28.0 Å². The van der Waals surface area contributed by atoms with E-state index in [1.54, 1.807) is 24.4 Å². The molecule has 7 nitrogen and oxygen atoms in total. The zero-order valence-corrected chi connectivity index (χ0v) is 12.3. The maximum atomic E-state index is 12.2. The smallest absolute Gasteiger partial charge is 0.323 e. The molecule has 0 aliphatic carbocycles. The average molecular weight is 309 g/mol. The lowest BCUT2D eigenvalue weighted by Crippen LogP contribution is -2.25. The highest BCUT2D eigenvalue weighted by atomic mass is 16.2. The van der Waals surface area contributed by atoms with Crippen molar-refractivity contribution in [3.05, 3.63) is 41.1 Å². The van der Waals surface area contributed by atoms with Gasteiger partial charge < -0.3 is 11.1 Å². The van der Waals surface area contributed by atoms with Crippen molar-refractivity contribution in [2.24, 2.45) is 10.8 Å². The van der Waals surface area contributed by atoms with E-state index in [1.165, 1.54) is 4.57 Å². The molecule has 4 N–H and O–H groups in total. The second-order valence-electron chi connectivity index (χ2n) is 5.52. The number of hydrogen-bond acceptors (Lipinski definition) is 4. The van der Waals surface area contributed by atoms with Gasteiger partial charge in [-0.1, -0.05) is 12.1 Å². The van der Waals surface area contributed by atoms with Gasteiger partial charge in [0.1, 0.15) is 0 Å². The van der Waals surface area contributed by atoms with Gasteiger partial charge in [-0.15, -0.1) is 0 Å². The first-order valence-corrected chi connectivity index (χ1v) is 7.39. The third-order valence-corrected chi connectivity index (χ3v) is 4.22. The predicted molar refractivity (Wildman–Crippen MR) is 87.4 cm³/mol. The van der Waals surface area contributed by atoms with Gasteiger partial charge in [0.25, 0.3) is 5.91 Å². The number of nitrogens with one attached hydrogen (secondary N) is 2. The van der Waals surface area contributed by atoms with Crippen LogP contribution in [-0.2, 0) is 0 Å². The van der Waals surface area contributed by atoms with Crippen LogP contribution >= 0.6 is 0 Å². The molecule has 1 aromatic carbocycles. The molecule has 23 heavy (non-hydrogen) atoms. The number of carbonyl (C=O) groups excluding carboxylic acids is 2. The van der Waals surface area contributed by atoms with E-state index in [2.05, 4.69) is 15.8 Å². The van der Waals surface area contributed by atoms with Crippen molar-refractivity contribution in [3.63, 3.8) is 0 Å². The summed E-state index contributed by atoms with van der Waals surface area (Å²) in [7, 11) is 0. The van der Waals surface area contributed by atoms with Crippen molar-refractivity contribution in [1.82, 2.24) is 15.3 Å². The van der Waals surface area contributed by atoms with E-state index in [0.717, 1.165) is 36.3 Å². The average Bonchev–Trinajstić information content (AvgIpc) is 2.80. The highest BCUT2D eigenvalue weighted by molar-refractivity contribution is 6.18. The molecule has 0 atom stereocenters. The summed E-state index contributed by atoms with van der Waals surface area (Å²) in [6, 6.07) is 4.70. The third kappa shape index (κ3) is 1.97. The molecule has 0 saturated carbocycles. The van der Waals surface area contributed by atoms with Gasteiger partial charge in [0.2, 0.25) is 0 Å². The highest BCUT2D eigenvalue weighted by Gasteiger charge is 2.27. The van der Waals surface area contributed by atoms with E-state index in [4.69, 9.17) is 5.73 Å². The third-order valence-electron chi connectivity index (χ3n) is 4.22. The summed E-state index contributed by atoms with van der Waals surface area (Å²) in [6.45, 7) is 1.56. The van der Waals surface area contributed by atoms with Crippen LogP contribution in [0.15, 0.2) is 29.4 Å². The number of nitrogens with zero attached hydrogens (tertiary/aromatic N) is 2. The molecule has 0 radical (unpaired) electrons. The first-order valence-electron chi connectivity index (χ1n) is 7.39. The molecule has 2 aliphatic rings. The molecular formula is C16H15N5O2. The van der Waals surface area contributed by atoms with Crippen molar-refractivity contribution in [3.8, 4) is 0 Å². The Bertz CT molecular complexity index is 907. The molecule has 3 heterocycles. The number of carbonyl (C=O) groups is 2. The maximum Gasteiger partial charge on any atom is 0.323 e. The molecule has 0 fully saturated rings. The van der Waals surface area contributed by atoms with Crippen LogP contribution in [0.25, 0.3) is 16.5 Å². The molecule has 4 rings (SSSR count). The van der Waals surface area contributed by atoms with Crippen LogP contribution in [-0.4, -0.2) is 35.8 Å². The van der Waals surface area contributed by atoms with Gasteiger partial charge >= 0.3 is 6.03 Å². The van der Waals surface area contributed by atoms with Crippen molar-refractivity contribution < 1.29 is 9.59 Å². The molecule has 0 unspecified atom stereocenters. The van der Waals surface area contributed by atoms with E-state index >= 15 is 0 Å². The quantitative estimate of drug-likeness (QED) is 0.733. The molecular weight excluding hydrogens is 294 g/mol. The molecule has 116 valence electrons. The monoisotopic (exact) mass is 309 g/mol. The van der Waals surface area contributed by atoms with Gasteiger partial charge in [-0.2, -0.15) is 5.10 Å². The number of benzene rings is 1. The van der Waals surface area contributed by atoms with Crippen LogP contribution in [0.4, 0.5) is 4.79 Å². The number of rotatable bonds is 1. The lowest BCUT2D eigenvalue weighted by molar-refractivity contribution is 0.0957. The number of aromatic nitrogens is 1. The minimum atomic E-state index is -0.567. The van der Waals surface area contributed by atoms with E-state index in [-0.39, 0.29) is 5.91 Å². The van der Waals surface area contributed by atoms with Gasteiger partial charge in [-0.25, -0.2) is 10.2 Å². The zero-order chi connectivity index (χ0) is 16.0. The highest BCUT2D eigenvalue weighted by Crippen LogP contribution is 2.34. The summed E-state index contributed by atoms with van der Waals surface area (Å²) in [6.07, 6.45) is 4.41. The Morgan fingerprint density at radius 1 is 1.35 bits per heavy atom. The minimum Gasteiger partial charge on any atom is -0.351 e. The fraction of sp³-hybridized carbons (Fsp3) is 0.188. The lowest BCUT2D eigenvalue weighted by atomic mass is 9.99. The summed E-state index contributed by atoms with van der Waals surface area (Å²) >= 11 is 0. The molecule has 7 heteroatoms. The second kappa shape index (κ2) is 5.06.